The van der Waals surface area contributed by atoms with Gasteiger partial charge in [-0.05, 0) is 43.3 Å². The van der Waals surface area contributed by atoms with Crippen LogP contribution in [0.2, 0.25) is 0 Å². The van der Waals surface area contributed by atoms with Gasteiger partial charge in [0.25, 0.3) is 0 Å². The summed E-state index contributed by atoms with van der Waals surface area (Å²) in [5.74, 6) is 0. The maximum atomic E-state index is 5.76. The molecule has 0 spiro atoms. The van der Waals surface area contributed by atoms with Crippen LogP contribution in [0.25, 0.3) is 10.1 Å². The van der Waals surface area contributed by atoms with Gasteiger partial charge in [0.15, 0.2) is 0 Å². The number of benzene rings is 1. The van der Waals surface area contributed by atoms with Crippen molar-refractivity contribution in [1.29, 1.82) is 0 Å². The Labute approximate surface area is 100 Å². The number of hydrogen-bond acceptors (Lipinski definition) is 2. The highest BCUT2D eigenvalue weighted by atomic mass is 32.1. The molecular weight excluding hydrogens is 214 g/mol. The van der Waals surface area contributed by atoms with E-state index in [4.69, 9.17) is 5.73 Å². The molecule has 1 aromatic heterocycles. The molecule has 2 N–H and O–H groups in total. The first-order valence-electron chi connectivity index (χ1n) is 6.03. The molecule has 0 bridgehead atoms. The first kappa shape index (κ1) is 10.3. The molecule has 1 saturated carbocycles. The van der Waals surface area contributed by atoms with Crippen LogP contribution in [0.1, 0.15) is 30.6 Å². The number of thiophene rings is 1. The number of rotatable bonds is 3. The van der Waals surface area contributed by atoms with Gasteiger partial charge in [0.1, 0.15) is 0 Å². The van der Waals surface area contributed by atoms with Crippen molar-refractivity contribution in [2.45, 2.75) is 31.1 Å². The third kappa shape index (κ3) is 1.48. The van der Waals surface area contributed by atoms with Crippen molar-refractivity contribution in [2.75, 3.05) is 6.54 Å². The minimum Gasteiger partial charge on any atom is -0.330 e. The minimum atomic E-state index is 0.429. The molecule has 3 rings (SSSR count). The summed E-state index contributed by atoms with van der Waals surface area (Å²) in [5.41, 5.74) is 6.19. The van der Waals surface area contributed by atoms with E-state index in [9.17, 15) is 0 Å². The minimum absolute atomic E-state index is 0.429. The summed E-state index contributed by atoms with van der Waals surface area (Å²) in [7, 11) is 0. The molecule has 0 amide bonds. The summed E-state index contributed by atoms with van der Waals surface area (Å²) in [6.07, 6.45) is 5.18. The second-order valence-electron chi connectivity index (χ2n) is 4.82. The molecule has 0 atom stereocenters. The van der Waals surface area contributed by atoms with Gasteiger partial charge in [-0.2, -0.15) is 0 Å². The van der Waals surface area contributed by atoms with Gasteiger partial charge in [-0.15, -0.1) is 11.3 Å². The number of nitrogens with two attached hydrogens (primary N) is 1. The smallest absolute Gasteiger partial charge is 0.0345 e. The summed E-state index contributed by atoms with van der Waals surface area (Å²) in [5, 5.41) is 1.39. The molecule has 1 aliphatic rings. The fourth-order valence-electron chi connectivity index (χ4n) is 2.74. The van der Waals surface area contributed by atoms with Crippen LogP contribution >= 0.6 is 11.3 Å². The van der Waals surface area contributed by atoms with Gasteiger partial charge in [-0.1, -0.05) is 24.6 Å². The van der Waals surface area contributed by atoms with E-state index in [1.165, 1.54) is 29.3 Å². The first-order chi connectivity index (χ1) is 7.84. The fraction of sp³-hybridized carbons (Fsp3) is 0.429. The van der Waals surface area contributed by atoms with Crippen LogP contribution in [-0.2, 0) is 5.41 Å². The van der Waals surface area contributed by atoms with Crippen LogP contribution in [0.5, 0.6) is 0 Å². The van der Waals surface area contributed by atoms with E-state index >= 15 is 0 Å². The van der Waals surface area contributed by atoms with E-state index in [2.05, 4.69) is 30.3 Å². The maximum absolute atomic E-state index is 5.76. The van der Waals surface area contributed by atoms with Crippen LogP contribution in [0.15, 0.2) is 30.3 Å². The maximum Gasteiger partial charge on any atom is 0.0345 e. The van der Waals surface area contributed by atoms with Gasteiger partial charge in [0.2, 0.25) is 0 Å². The Morgan fingerprint density at radius 3 is 2.69 bits per heavy atom. The lowest BCUT2D eigenvalue weighted by Crippen LogP contribution is -2.35. The van der Waals surface area contributed by atoms with Crippen molar-refractivity contribution in [1.82, 2.24) is 0 Å². The predicted molar refractivity (Wildman–Crippen MR) is 71.0 cm³/mol. The average Bonchev–Trinajstić information content (AvgIpc) is 2.66. The number of hydrogen-bond donors (Lipinski definition) is 1. The van der Waals surface area contributed by atoms with E-state index in [-0.39, 0.29) is 0 Å². The number of fused-ring (bicyclic) bond motifs is 1. The quantitative estimate of drug-likeness (QED) is 0.857. The lowest BCUT2D eigenvalue weighted by Gasteiger charge is -2.41. The Kier molecular flexibility index (Phi) is 2.49. The van der Waals surface area contributed by atoms with Crippen molar-refractivity contribution in [3.63, 3.8) is 0 Å². The summed E-state index contributed by atoms with van der Waals surface area (Å²) in [6, 6.07) is 11.1. The van der Waals surface area contributed by atoms with Gasteiger partial charge >= 0.3 is 0 Å². The molecule has 1 aliphatic carbocycles. The third-order valence-corrected chi connectivity index (χ3v) is 5.24. The molecule has 0 radical (unpaired) electrons. The highest BCUT2D eigenvalue weighted by molar-refractivity contribution is 7.19. The molecule has 1 heterocycles. The molecule has 2 aromatic rings. The van der Waals surface area contributed by atoms with Crippen LogP contribution in [0, 0.1) is 0 Å². The SMILES string of the molecule is NCCC1(c2cc3ccccc3s2)CCC1. The lowest BCUT2D eigenvalue weighted by molar-refractivity contribution is 0.235. The zero-order valence-electron chi connectivity index (χ0n) is 9.41. The van der Waals surface area contributed by atoms with E-state index in [1.807, 2.05) is 11.3 Å². The van der Waals surface area contributed by atoms with Crippen molar-refractivity contribution in [2.24, 2.45) is 5.73 Å². The van der Waals surface area contributed by atoms with E-state index < -0.39 is 0 Å². The van der Waals surface area contributed by atoms with Crippen LogP contribution in [0.3, 0.4) is 0 Å². The first-order valence-corrected chi connectivity index (χ1v) is 6.85. The van der Waals surface area contributed by atoms with Gasteiger partial charge in [0, 0.05) is 15.0 Å². The third-order valence-electron chi connectivity index (χ3n) is 3.88. The lowest BCUT2D eigenvalue weighted by atomic mass is 9.66. The molecule has 16 heavy (non-hydrogen) atoms. The highest BCUT2D eigenvalue weighted by Gasteiger charge is 2.38. The Bertz CT molecular complexity index is 463. The van der Waals surface area contributed by atoms with Crippen molar-refractivity contribution in [3.05, 3.63) is 35.2 Å². The van der Waals surface area contributed by atoms with Crippen LogP contribution in [0.4, 0.5) is 0 Å². The van der Waals surface area contributed by atoms with Crippen molar-refractivity contribution >= 4 is 21.4 Å². The van der Waals surface area contributed by atoms with Crippen molar-refractivity contribution < 1.29 is 0 Å². The summed E-state index contributed by atoms with van der Waals surface area (Å²) >= 11 is 1.96. The molecule has 0 aliphatic heterocycles. The van der Waals surface area contributed by atoms with Gasteiger partial charge in [-0.25, -0.2) is 0 Å². The molecule has 1 fully saturated rings. The molecule has 0 saturated heterocycles. The second kappa shape index (κ2) is 3.86. The van der Waals surface area contributed by atoms with E-state index in [0.717, 1.165) is 13.0 Å². The highest BCUT2D eigenvalue weighted by Crippen LogP contribution is 2.49. The summed E-state index contributed by atoms with van der Waals surface area (Å²) < 4.78 is 1.42. The zero-order chi connectivity index (χ0) is 11.0. The Morgan fingerprint density at radius 2 is 2.06 bits per heavy atom. The predicted octanol–water partition coefficient (Wildman–Crippen LogP) is 3.67. The molecule has 1 nitrogen and oxygen atoms in total. The molecular formula is C14H17NS. The summed E-state index contributed by atoms with van der Waals surface area (Å²) in [6.45, 7) is 0.814. The second-order valence-corrected chi connectivity index (χ2v) is 5.90. The van der Waals surface area contributed by atoms with Gasteiger partial charge < -0.3 is 5.73 Å². The van der Waals surface area contributed by atoms with E-state index in [1.54, 1.807) is 4.88 Å². The molecule has 0 unspecified atom stereocenters. The topological polar surface area (TPSA) is 26.0 Å². The van der Waals surface area contributed by atoms with Crippen LogP contribution in [-0.4, -0.2) is 6.54 Å². The summed E-state index contributed by atoms with van der Waals surface area (Å²) in [4.78, 5) is 1.56. The Balaban J connectivity index is 2.04. The molecule has 2 heteroatoms. The fourth-order valence-corrected chi connectivity index (χ4v) is 4.08. The standard InChI is InChI=1S/C14H17NS/c15-9-8-14(6-3-7-14)13-10-11-4-1-2-5-12(11)16-13/h1-2,4-5,10H,3,6-9,15H2. The van der Waals surface area contributed by atoms with Crippen molar-refractivity contribution in [3.8, 4) is 0 Å². The van der Waals surface area contributed by atoms with E-state index in [0.29, 0.717) is 5.41 Å². The zero-order valence-corrected chi connectivity index (χ0v) is 10.2. The Hall–Kier alpha value is -0.860. The Morgan fingerprint density at radius 1 is 1.25 bits per heavy atom. The van der Waals surface area contributed by atoms with Gasteiger partial charge in [-0.3, -0.25) is 0 Å². The molecule has 84 valence electrons. The monoisotopic (exact) mass is 231 g/mol. The normalized spacial score (nSPS) is 18.6. The molecule has 1 aromatic carbocycles. The average molecular weight is 231 g/mol. The van der Waals surface area contributed by atoms with Gasteiger partial charge in [0.05, 0.1) is 0 Å². The largest absolute Gasteiger partial charge is 0.330 e. The van der Waals surface area contributed by atoms with Crippen LogP contribution < -0.4 is 5.73 Å².